The molecule has 0 spiro atoms. The van der Waals surface area contributed by atoms with Crippen molar-refractivity contribution in [1.82, 2.24) is 5.32 Å². The maximum atomic E-state index is 11.6. The number of hydrogen-bond donors (Lipinski definition) is 2. The van der Waals surface area contributed by atoms with E-state index in [1.807, 2.05) is 31.2 Å². The van der Waals surface area contributed by atoms with Gasteiger partial charge in [-0.25, -0.2) is 4.79 Å². The van der Waals surface area contributed by atoms with Gasteiger partial charge in [0.15, 0.2) is 0 Å². The van der Waals surface area contributed by atoms with E-state index in [1.165, 1.54) is 0 Å². The first-order chi connectivity index (χ1) is 9.30. The van der Waals surface area contributed by atoms with Crippen LogP contribution >= 0.6 is 0 Å². The Kier molecular flexibility index (Phi) is 5.82. The second kappa shape index (κ2) is 7.14. The lowest BCUT2D eigenvalue weighted by Gasteiger charge is -2.22. The zero-order valence-electron chi connectivity index (χ0n) is 12.5. The van der Waals surface area contributed by atoms with E-state index in [9.17, 15) is 9.90 Å². The molecule has 0 saturated carbocycles. The highest BCUT2D eigenvalue weighted by molar-refractivity contribution is 5.68. The van der Waals surface area contributed by atoms with Gasteiger partial charge in [-0.15, -0.1) is 0 Å². The molecule has 0 aliphatic heterocycles. The monoisotopic (exact) mass is 281 g/mol. The third-order valence-corrected chi connectivity index (χ3v) is 2.38. The summed E-state index contributed by atoms with van der Waals surface area (Å²) in [4.78, 5) is 11.6. The van der Waals surface area contributed by atoms with Crippen LogP contribution in [-0.4, -0.2) is 36.1 Å². The third-order valence-electron chi connectivity index (χ3n) is 2.38. The maximum Gasteiger partial charge on any atom is 0.408 e. The van der Waals surface area contributed by atoms with Crippen molar-refractivity contribution in [3.8, 4) is 5.75 Å². The number of ether oxygens (including phenoxy) is 2. The van der Waals surface area contributed by atoms with Gasteiger partial charge in [0.25, 0.3) is 0 Å². The van der Waals surface area contributed by atoms with Crippen molar-refractivity contribution < 1.29 is 19.4 Å². The van der Waals surface area contributed by atoms with E-state index < -0.39 is 17.7 Å². The molecule has 0 aliphatic rings. The lowest BCUT2D eigenvalue weighted by Crippen LogP contribution is -2.44. The van der Waals surface area contributed by atoms with E-state index in [0.29, 0.717) is 5.75 Å². The number of alkyl carbamates (subject to hydrolysis) is 1. The fraction of sp³-hybridized carbons (Fsp3) is 0.533. The van der Waals surface area contributed by atoms with Crippen molar-refractivity contribution in [1.29, 1.82) is 0 Å². The summed E-state index contributed by atoms with van der Waals surface area (Å²) in [6, 6.07) is 7.07. The first kappa shape index (κ1) is 16.3. The van der Waals surface area contributed by atoms with Gasteiger partial charge in [0.1, 0.15) is 18.0 Å². The molecular weight excluding hydrogens is 258 g/mol. The van der Waals surface area contributed by atoms with Crippen molar-refractivity contribution in [2.24, 2.45) is 0 Å². The molecule has 0 radical (unpaired) electrons. The molecule has 0 aromatic heterocycles. The van der Waals surface area contributed by atoms with Gasteiger partial charge in [-0.2, -0.15) is 0 Å². The lowest BCUT2D eigenvalue weighted by atomic mass is 10.2. The fourth-order valence-corrected chi connectivity index (χ4v) is 1.52. The number of aliphatic hydroxyl groups excluding tert-OH is 1. The Hall–Kier alpha value is -1.75. The average molecular weight is 281 g/mol. The normalized spacial score (nSPS) is 12.7. The Labute approximate surface area is 119 Å². The van der Waals surface area contributed by atoms with Crippen molar-refractivity contribution in [2.75, 3.05) is 13.2 Å². The molecule has 0 unspecified atom stereocenters. The number of aliphatic hydroxyl groups is 1. The molecule has 1 rings (SSSR count). The summed E-state index contributed by atoms with van der Waals surface area (Å²) in [6.07, 6.45) is -0.565. The average Bonchev–Trinajstić information content (AvgIpc) is 2.32. The molecule has 1 aromatic rings. The predicted octanol–water partition coefficient (Wildman–Crippen LogP) is 2.26. The van der Waals surface area contributed by atoms with Crippen molar-refractivity contribution >= 4 is 6.09 Å². The summed E-state index contributed by atoms with van der Waals surface area (Å²) >= 11 is 0. The highest BCUT2D eigenvalue weighted by atomic mass is 16.6. The Morgan fingerprint density at radius 1 is 1.40 bits per heavy atom. The molecule has 1 amide bonds. The van der Waals surface area contributed by atoms with E-state index in [0.717, 1.165) is 5.56 Å². The smallest absolute Gasteiger partial charge is 0.408 e. The first-order valence-corrected chi connectivity index (χ1v) is 6.60. The number of carbonyl (C=O) groups excluding carboxylic acids is 1. The summed E-state index contributed by atoms with van der Waals surface area (Å²) < 4.78 is 10.7. The molecule has 5 nitrogen and oxygen atoms in total. The molecule has 1 atom stereocenters. The molecule has 0 aliphatic carbocycles. The van der Waals surface area contributed by atoms with Crippen molar-refractivity contribution in [2.45, 2.75) is 39.3 Å². The molecule has 112 valence electrons. The van der Waals surface area contributed by atoms with Crippen LogP contribution in [0.2, 0.25) is 0 Å². The fourth-order valence-electron chi connectivity index (χ4n) is 1.52. The largest absolute Gasteiger partial charge is 0.491 e. The molecule has 0 bridgehead atoms. The Balaban J connectivity index is 2.45. The van der Waals surface area contributed by atoms with Gasteiger partial charge in [0.2, 0.25) is 0 Å². The summed E-state index contributed by atoms with van der Waals surface area (Å²) in [5, 5.41) is 11.8. The van der Waals surface area contributed by atoms with E-state index in [2.05, 4.69) is 5.32 Å². The van der Waals surface area contributed by atoms with Crippen LogP contribution in [-0.2, 0) is 4.74 Å². The maximum absolute atomic E-state index is 11.6. The van der Waals surface area contributed by atoms with Crippen molar-refractivity contribution in [3.63, 3.8) is 0 Å². The molecule has 0 heterocycles. The highest BCUT2D eigenvalue weighted by Gasteiger charge is 2.19. The van der Waals surface area contributed by atoms with E-state index in [4.69, 9.17) is 9.47 Å². The summed E-state index contributed by atoms with van der Waals surface area (Å²) in [5.41, 5.74) is 0.518. The first-order valence-electron chi connectivity index (χ1n) is 6.60. The number of rotatable bonds is 5. The third kappa shape index (κ3) is 6.43. The SMILES string of the molecule is Cc1cccc(OC[C@H](CO)NC(=O)OC(C)(C)C)c1. The van der Waals surface area contributed by atoms with Crippen LogP contribution in [0.25, 0.3) is 0 Å². The zero-order chi connectivity index (χ0) is 15.2. The van der Waals surface area contributed by atoms with Crippen LogP contribution < -0.4 is 10.1 Å². The molecular formula is C15H23NO4. The number of amides is 1. The lowest BCUT2D eigenvalue weighted by molar-refractivity contribution is 0.0458. The van der Waals surface area contributed by atoms with Gasteiger partial charge in [-0.05, 0) is 45.4 Å². The minimum absolute atomic E-state index is 0.180. The number of hydrogen-bond acceptors (Lipinski definition) is 4. The van der Waals surface area contributed by atoms with Crippen LogP contribution in [0.5, 0.6) is 5.75 Å². The highest BCUT2D eigenvalue weighted by Crippen LogP contribution is 2.12. The number of benzene rings is 1. The van der Waals surface area contributed by atoms with E-state index in [1.54, 1.807) is 20.8 Å². The standard InChI is InChI=1S/C15H23NO4/c1-11-6-5-7-13(8-11)19-10-12(9-17)16-14(18)20-15(2,3)4/h5-8,12,17H,9-10H2,1-4H3,(H,16,18)/t12-/m0/s1. The van der Waals surface area contributed by atoms with Gasteiger partial charge in [-0.1, -0.05) is 12.1 Å². The Morgan fingerprint density at radius 2 is 2.10 bits per heavy atom. The number of aryl methyl sites for hydroxylation is 1. The van der Waals surface area contributed by atoms with Gasteiger partial charge in [-0.3, -0.25) is 0 Å². The Bertz CT molecular complexity index is 440. The van der Waals surface area contributed by atoms with Crippen LogP contribution in [0.1, 0.15) is 26.3 Å². The minimum Gasteiger partial charge on any atom is -0.491 e. The quantitative estimate of drug-likeness (QED) is 0.868. The van der Waals surface area contributed by atoms with Crippen LogP contribution in [0, 0.1) is 6.92 Å². The molecule has 2 N–H and O–H groups in total. The summed E-state index contributed by atoms with van der Waals surface area (Å²) in [5.74, 6) is 0.703. The topological polar surface area (TPSA) is 67.8 Å². The molecule has 0 fully saturated rings. The zero-order valence-corrected chi connectivity index (χ0v) is 12.5. The van der Waals surface area contributed by atoms with E-state index >= 15 is 0 Å². The van der Waals surface area contributed by atoms with Gasteiger partial charge in [0.05, 0.1) is 12.6 Å². The van der Waals surface area contributed by atoms with Crippen molar-refractivity contribution in [3.05, 3.63) is 29.8 Å². The second-order valence-corrected chi connectivity index (χ2v) is 5.65. The number of nitrogens with one attached hydrogen (secondary N) is 1. The second-order valence-electron chi connectivity index (χ2n) is 5.65. The molecule has 5 heteroatoms. The molecule has 20 heavy (non-hydrogen) atoms. The van der Waals surface area contributed by atoms with Crippen LogP contribution in [0.15, 0.2) is 24.3 Å². The Morgan fingerprint density at radius 3 is 2.65 bits per heavy atom. The summed E-state index contributed by atoms with van der Waals surface area (Å²) in [6.45, 7) is 7.27. The predicted molar refractivity (Wildman–Crippen MR) is 76.9 cm³/mol. The van der Waals surface area contributed by atoms with Gasteiger partial charge in [0, 0.05) is 0 Å². The van der Waals surface area contributed by atoms with Gasteiger partial charge >= 0.3 is 6.09 Å². The minimum atomic E-state index is -0.568. The molecule has 1 aromatic carbocycles. The molecule has 0 saturated heterocycles. The van der Waals surface area contributed by atoms with Gasteiger partial charge < -0.3 is 19.9 Å². The summed E-state index contributed by atoms with van der Waals surface area (Å²) in [7, 11) is 0. The van der Waals surface area contributed by atoms with Crippen LogP contribution in [0.3, 0.4) is 0 Å². The van der Waals surface area contributed by atoms with Crippen LogP contribution in [0.4, 0.5) is 4.79 Å². The van der Waals surface area contributed by atoms with E-state index in [-0.39, 0.29) is 13.2 Å². The number of carbonyl (C=O) groups is 1.